The number of rotatable bonds is 6. The van der Waals surface area contributed by atoms with Crippen molar-refractivity contribution in [1.29, 1.82) is 0 Å². The lowest BCUT2D eigenvalue weighted by Crippen LogP contribution is -2.41. The lowest BCUT2D eigenvalue weighted by molar-refractivity contribution is -0.123. The van der Waals surface area contributed by atoms with Crippen LogP contribution in [0.5, 0.6) is 0 Å². The lowest BCUT2D eigenvalue weighted by Gasteiger charge is -2.24. The van der Waals surface area contributed by atoms with Gasteiger partial charge in [-0.25, -0.2) is 8.42 Å². The number of hydrogen-bond donors (Lipinski definition) is 1. The zero-order valence-corrected chi connectivity index (χ0v) is 18.0. The highest BCUT2D eigenvalue weighted by Crippen LogP contribution is 2.31. The van der Waals surface area contributed by atoms with E-state index in [0.29, 0.717) is 44.6 Å². The van der Waals surface area contributed by atoms with Crippen LogP contribution in [0.1, 0.15) is 57.4 Å². The predicted molar refractivity (Wildman–Crippen MR) is 112 cm³/mol. The molecule has 29 heavy (non-hydrogen) atoms. The van der Waals surface area contributed by atoms with E-state index >= 15 is 0 Å². The predicted octanol–water partition coefficient (Wildman–Crippen LogP) is 2.45. The smallest absolute Gasteiger partial charge is 0.243 e. The monoisotopic (exact) mass is 421 g/mol. The van der Waals surface area contributed by atoms with Crippen LogP contribution in [0.25, 0.3) is 0 Å². The van der Waals surface area contributed by atoms with E-state index in [-0.39, 0.29) is 23.3 Å². The molecule has 2 amide bonds. The van der Waals surface area contributed by atoms with Crippen molar-refractivity contribution >= 4 is 27.5 Å². The Balaban J connectivity index is 1.87. The molecule has 1 aromatic carbocycles. The van der Waals surface area contributed by atoms with Crippen LogP contribution >= 0.6 is 0 Å². The van der Waals surface area contributed by atoms with E-state index in [2.05, 4.69) is 5.32 Å². The molecule has 1 aromatic rings. The highest BCUT2D eigenvalue weighted by molar-refractivity contribution is 7.89. The summed E-state index contributed by atoms with van der Waals surface area (Å²) in [5.74, 6) is -0.298. The van der Waals surface area contributed by atoms with E-state index in [1.54, 1.807) is 22.5 Å². The zero-order chi connectivity index (χ0) is 20.9. The van der Waals surface area contributed by atoms with Crippen LogP contribution in [-0.2, 0) is 26.0 Å². The average molecular weight is 422 g/mol. The van der Waals surface area contributed by atoms with Gasteiger partial charge in [-0.3, -0.25) is 9.59 Å². The van der Waals surface area contributed by atoms with Crippen molar-refractivity contribution in [2.45, 2.75) is 63.2 Å². The Hall–Kier alpha value is -1.93. The molecule has 0 aromatic heterocycles. The molecule has 1 saturated heterocycles. The Kier molecular flexibility index (Phi) is 7.29. The molecule has 0 saturated carbocycles. The van der Waals surface area contributed by atoms with E-state index in [1.165, 1.54) is 4.90 Å². The Morgan fingerprint density at radius 2 is 1.79 bits per heavy atom. The van der Waals surface area contributed by atoms with Gasteiger partial charge in [-0.1, -0.05) is 19.8 Å². The van der Waals surface area contributed by atoms with Gasteiger partial charge in [0.1, 0.15) is 6.54 Å². The Morgan fingerprint density at radius 1 is 1.07 bits per heavy atom. The van der Waals surface area contributed by atoms with Crippen molar-refractivity contribution < 1.29 is 18.0 Å². The first kappa shape index (κ1) is 21.8. The molecule has 0 spiro atoms. The van der Waals surface area contributed by atoms with Crippen LogP contribution in [0, 0.1) is 0 Å². The summed E-state index contributed by atoms with van der Waals surface area (Å²) in [7, 11) is -3.55. The van der Waals surface area contributed by atoms with Gasteiger partial charge in [-0.2, -0.15) is 4.31 Å². The van der Waals surface area contributed by atoms with E-state index in [4.69, 9.17) is 0 Å². The Bertz CT molecular complexity index is 845. The number of carbonyl (C=O) groups is 2. The van der Waals surface area contributed by atoms with Gasteiger partial charge < -0.3 is 10.2 Å². The molecule has 0 unspecified atom stereocenters. The molecular formula is C21H31N3O4S. The molecule has 0 atom stereocenters. The fourth-order valence-electron chi connectivity index (χ4n) is 3.95. The molecule has 1 fully saturated rings. The standard InChI is InChI=1S/C21H31N3O4S/c1-2-12-22-20(25)16-24-19-11-10-18(15-17(19)8-7-9-21(24)26)29(27,28)23-13-5-3-4-6-14-23/h10-11,15H,2-9,12-14,16H2,1H3,(H,22,25). The summed E-state index contributed by atoms with van der Waals surface area (Å²) in [6, 6.07) is 4.97. The average Bonchev–Trinajstić information content (AvgIpc) is 3.07. The molecule has 0 radical (unpaired) electrons. The number of hydrogen-bond acceptors (Lipinski definition) is 4. The van der Waals surface area contributed by atoms with Crippen molar-refractivity contribution in [2.75, 3.05) is 31.1 Å². The van der Waals surface area contributed by atoms with Crippen molar-refractivity contribution in [1.82, 2.24) is 9.62 Å². The topological polar surface area (TPSA) is 86.8 Å². The fourth-order valence-corrected chi connectivity index (χ4v) is 5.52. The number of sulfonamides is 1. The van der Waals surface area contributed by atoms with Crippen LogP contribution in [0.15, 0.2) is 23.1 Å². The van der Waals surface area contributed by atoms with Crippen LogP contribution in [-0.4, -0.2) is 50.7 Å². The highest BCUT2D eigenvalue weighted by Gasteiger charge is 2.29. The summed E-state index contributed by atoms with van der Waals surface area (Å²) in [5.41, 5.74) is 1.46. The van der Waals surface area contributed by atoms with Crippen LogP contribution < -0.4 is 10.2 Å². The number of fused-ring (bicyclic) bond motifs is 1. The molecule has 2 aliphatic heterocycles. The number of anilines is 1. The van der Waals surface area contributed by atoms with Gasteiger partial charge in [-0.05, 0) is 55.9 Å². The van der Waals surface area contributed by atoms with Gasteiger partial charge in [-0.15, -0.1) is 0 Å². The third-order valence-electron chi connectivity index (χ3n) is 5.56. The third kappa shape index (κ3) is 5.17. The summed E-state index contributed by atoms with van der Waals surface area (Å²) < 4.78 is 27.9. The number of nitrogens with one attached hydrogen (secondary N) is 1. The number of benzene rings is 1. The maximum atomic E-state index is 13.1. The van der Waals surface area contributed by atoms with Gasteiger partial charge in [0.2, 0.25) is 21.8 Å². The van der Waals surface area contributed by atoms with Crippen LogP contribution in [0.2, 0.25) is 0 Å². The minimum absolute atomic E-state index is 0.0376. The second kappa shape index (κ2) is 9.71. The van der Waals surface area contributed by atoms with E-state index in [0.717, 1.165) is 37.7 Å². The SMILES string of the molecule is CCCNC(=O)CN1C(=O)CCCc2cc(S(=O)(=O)N3CCCCCC3)ccc21. The molecule has 3 rings (SSSR count). The Labute approximate surface area is 173 Å². The third-order valence-corrected chi connectivity index (χ3v) is 7.45. The lowest BCUT2D eigenvalue weighted by atomic mass is 10.1. The molecule has 7 nitrogen and oxygen atoms in total. The maximum Gasteiger partial charge on any atom is 0.243 e. The first-order valence-electron chi connectivity index (χ1n) is 10.6. The first-order chi connectivity index (χ1) is 13.9. The minimum atomic E-state index is -3.55. The van der Waals surface area contributed by atoms with Crippen molar-refractivity contribution in [2.24, 2.45) is 0 Å². The number of aryl methyl sites for hydroxylation is 1. The highest BCUT2D eigenvalue weighted by atomic mass is 32.2. The normalized spacial score (nSPS) is 18.7. The molecule has 2 heterocycles. The second-order valence-corrected chi connectivity index (χ2v) is 9.73. The number of carbonyl (C=O) groups excluding carboxylic acids is 2. The van der Waals surface area contributed by atoms with Crippen LogP contribution in [0.4, 0.5) is 5.69 Å². The molecule has 1 N–H and O–H groups in total. The summed E-state index contributed by atoms with van der Waals surface area (Å²) >= 11 is 0. The van der Waals surface area contributed by atoms with E-state index in [9.17, 15) is 18.0 Å². The van der Waals surface area contributed by atoms with Crippen molar-refractivity contribution in [3.8, 4) is 0 Å². The quantitative estimate of drug-likeness (QED) is 0.764. The first-order valence-corrected chi connectivity index (χ1v) is 12.1. The van der Waals surface area contributed by atoms with Crippen LogP contribution in [0.3, 0.4) is 0 Å². The number of amides is 2. The van der Waals surface area contributed by atoms with E-state index < -0.39 is 10.0 Å². The minimum Gasteiger partial charge on any atom is -0.355 e. The van der Waals surface area contributed by atoms with E-state index in [1.807, 2.05) is 6.92 Å². The summed E-state index contributed by atoms with van der Waals surface area (Å²) in [4.78, 5) is 26.5. The maximum absolute atomic E-state index is 13.1. The summed E-state index contributed by atoms with van der Waals surface area (Å²) in [6.45, 7) is 3.62. The summed E-state index contributed by atoms with van der Waals surface area (Å²) in [5, 5.41) is 2.80. The largest absolute Gasteiger partial charge is 0.355 e. The zero-order valence-electron chi connectivity index (χ0n) is 17.2. The molecule has 2 aliphatic rings. The molecular weight excluding hydrogens is 390 g/mol. The Morgan fingerprint density at radius 3 is 2.48 bits per heavy atom. The second-order valence-electron chi connectivity index (χ2n) is 7.79. The van der Waals surface area contributed by atoms with Gasteiger partial charge in [0, 0.05) is 31.7 Å². The van der Waals surface area contributed by atoms with Gasteiger partial charge >= 0.3 is 0 Å². The van der Waals surface area contributed by atoms with Crippen molar-refractivity contribution in [3.63, 3.8) is 0 Å². The molecule has 0 aliphatic carbocycles. The van der Waals surface area contributed by atoms with Crippen molar-refractivity contribution in [3.05, 3.63) is 23.8 Å². The molecule has 8 heteroatoms. The number of nitrogens with zero attached hydrogens (tertiary/aromatic N) is 2. The van der Waals surface area contributed by atoms with Gasteiger partial charge in [0.05, 0.1) is 4.90 Å². The molecule has 160 valence electrons. The van der Waals surface area contributed by atoms with Gasteiger partial charge in [0.15, 0.2) is 0 Å². The van der Waals surface area contributed by atoms with Gasteiger partial charge in [0.25, 0.3) is 0 Å². The molecule has 0 bridgehead atoms. The summed E-state index contributed by atoms with van der Waals surface area (Å²) in [6.07, 6.45) is 6.35. The fraction of sp³-hybridized carbons (Fsp3) is 0.619.